The van der Waals surface area contributed by atoms with Crippen LogP contribution in [0.4, 0.5) is 5.69 Å². The van der Waals surface area contributed by atoms with Crippen molar-refractivity contribution in [1.82, 2.24) is 0 Å². The molecule has 0 bridgehead atoms. The molecule has 1 unspecified atom stereocenters. The van der Waals surface area contributed by atoms with E-state index in [2.05, 4.69) is 43.4 Å². The summed E-state index contributed by atoms with van der Waals surface area (Å²) in [5, 5.41) is 12.4. The number of thioether (sulfide) groups is 1. The van der Waals surface area contributed by atoms with Gasteiger partial charge in [-0.1, -0.05) is 13.8 Å². The van der Waals surface area contributed by atoms with Gasteiger partial charge in [0.1, 0.15) is 0 Å². The van der Waals surface area contributed by atoms with E-state index in [-0.39, 0.29) is 6.61 Å². The van der Waals surface area contributed by atoms with Crippen molar-refractivity contribution >= 4 is 17.4 Å². The van der Waals surface area contributed by atoms with Crippen molar-refractivity contribution in [1.29, 1.82) is 0 Å². The van der Waals surface area contributed by atoms with Crippen LogP contribution in [0.25, 0.3) is 0 Å². The Kier molecular flexibility index (Phi) is 6.34. The molecule has 3 heteroatoms. The van der Waals surface area contributed by atoms with Gasteiger partial charge in [-0.2, -0.15) is 0 Å². The second-order valence-corrected chi connectivity index (χ2v) is 5.13. The molecule has 0 heterocycles. The second kappa shape index (κ2) is 7.58. The zero-order valence-corrected chi connectivity index (χ0v) is 10.9. The fourth-order valence-corrected chi connectivity index (χ4v) is 2.10. The molecule has 90 valence electrons. The van der Waals surface area contributed by atoms with E-state index in [9.17, 15) is 0 Å². The van der Waals surface area contributed by atoms with E-state index in [1.54, 1.807) is 0 Å². The molecular formula is C13H21NOS. The van der Waals surface area contributed by atoms with Crippen LogP contribution in [-0.2, 0) is 0 Å². The Morgan fingerprint density at radius 3 is 2.44 bits per heavy atom. The van der Waals surface area contributed by atoms with Crippen molar-refractivity contribution in [3.8, 4) is 0 Å². The number of benzene rings is 1. The summed E-state index contributed by atoms with van der Waals surface area (Å²) in [6.07, 6.45) is 1.01. The smallest absolute Gasteiger partial charge is 0.0475 e. The predicted octanol–water partition coefficient (Wildman–Crippen LogP) is 3.23. The highest BCUT2D eigenvalue weighted by Crippen LogP contribution is 2.19. The average molecular weight is 239 g/mol. The summed E-state index contributed by atoms with van der Waals surface area (Å²) in [6, 6.07) is 8.47. The summed E-state index contributed by atoms with van der Waals surface area (Å²) in [7, 11) is 0. The normalized spacial score (nSPS) is 12.4. The first-order valence-corrected chi connectivity index (χ1v) is 6.86. The molecule has 0 aromatic heterocycles. The Morgan fingerprint density at radius 1 is 1.25 bits per heavy atom. The number of aliphatic hydroxyl groups is 1. The van der Waals surface area contributed by atoms with E-state index in [1.165, 1.54) is 4.90 Å². The van der Waals surface area contributed by atoms with Crippen molar-refractivity contribution in [2.75, 3.05) is 24.2 Å². The van der Waals surface area contributed by atoms with Crippen molar-refractivity contribution in [3.05, 3.63) is 24.3 Å². The van der Waals surface area contributed by atoms with Crippen LogP contribution in [0, 0.1) is 5.92 Å². The molecule has 1 atom stereocenters. The third-order valence-corrected chi connectivity index (χ3v) is 3.49. The molecule has 1 aromatic rings. The topological polar surface area (TPSA) is 32.3 Å². The SMILES string of the molecule is CCSc1ccc(NCC(CC)CO)cc1. The third kappa shape index (κ3) is 4.45. The van der Waals surface area contributed by atoms with Crippen LogP contribution < -0.4 is 5.32 Å². The highest BCUT2D eigenvalue weighted by Gasteiger charge is 2.03. The first-order chi connectivity index (χ1) is 7.80. The first-order valence-electron chi connectivity index (χ1n) is 5.87. The maximum Gasteiger partial charge on any atom is 0.0475 e. The number of rotatable bonds is 7. The van der Waals surface area contributed by atoms with Crippen LogP contribution in [0.1, 0.15) is 20.3 Å². The van der Waals surface area contributed by atoms with Gasteiger partial charge in [0.25, 0.3) is 0 Å². The van der Waals surface area contributed by atoms with Crippen LogP contribution in [0.5, 0.6) is 0 Å². The van der Waals surface area contributed by atoms with Gasteiger partial charge < -0.3 is 10.4 Å². The first kappa shape index (κ1) is 13.4. The van der Waals surface area contributed by atoms with Gasteiger partial charge in [0, 0.05) is 23.7 Å². The molecule has 0 amide bonds. The van der Waals surface area contributed by atoms with Gasteiger partial charge in [-0.25, -0.2) is 0 Å². The molecule has 0 fully saturated rings. The lowest BCUT2D eigenvalue weighted by molar-refractivity contribution is 0.230. The molecule has 0 saturated carbocycles. The lowest BCUT2D eigenvalue weighted by Crippen LogP contribution is -2.16. The highest BCUT2D eigenvalue weighted by atomic mass is 32.2. The molecule has 2 nitrogen and oxygen atoms in total. The minimum Gasteiger partial charge on any atom is -0.396 e. The van der Waals surface area contributed by atoms with Crippen LogP contribution in [0.3, 0.4) is 0 Å². The fourth-order valence-electron chi connectivity index (χ4n) is 1.44. The number of nitrogens with one attached hydrogen (secondary N) is 1. The molecule has 0 aliphatic heterocycles. The Morgan fingerprint density at radius 2 is 1.94 bits per heavy atom. The van der Waals surface area contributed by atoms with Crippen molar-refractivity contribution in [2.24, 2.45) is 5.92 Å². The second-order valence-electron chi connectivity index (χ2n) is 3.80. The Hall–Kier alpha value is -0.670. The Bertz CT molecular complexity index is 282. The lowest BCUT2D eigenvalue weighted by atomic mass is 10.1. The summed E-state index contributed by atoms with van der Waals surface area (Å²) in [5.74, 6) is 1.46. The molecule has 1 rings (SSSR count). The van der Waals surface area contributed by atoms with Crippen molar-refractivity contribution < 1.29 is 5.11 Å². The fraction of sp³-hybridized carbons (Fsp3) is 0.538. The van der Waals surface area contributed by atoms with E-state index in [1.807, 2.05) is 11.8 Å². The van der Waals surface area contributed by atoms with E-state index in [0.29, 0.717) is 5.92 Å². The van der Waals surface area contributed by atoms with Gasteiger partial charge in [-0.05, 0) is 42.4 Å². The Balaban J connectivity index is 2.42. The van der Waals surface area contributed by atoms with E-state index in [0.717, 1.165) is 24.4 Å². The minimum atomic E-state index is 0.257. The molecule has 0 saturated heterocycles. The molecule has 0 radical (unpaired) electrons. The third-order valence-electron chi connectivity index (χ3n) is 2.60. The maximum absolute atomic E-state index is 9.07. The molecule has 1 aromatic carbocycles. The summed E-state index contributed by atoms with van der Waals surface area (Å²) in [6.45, 7) is 5.36. The molecular weight excluding hydrogens is 218 g/mol. The van der Waals surface area contributed by atoms with E-state index < -0.39 is 0 Å². The standard InChI is InChI=1S/C13H21NOS/c1-3-11(10-15)9-14-12-5-7-13(8-6-12)16-4-2/h5-8,11,14-15H,3-4,9-10H2,1-2H3. The van der Waals surface area contributed by atoms with E-state index in [4.69, 9.17) is 5.11 Å². The van der Waals surface area contributed by atoms with Crippen LogP contribution in [0.15, 0.2) is 29.2 Å². The average Bonchev–Trinajstić information content (AvgIpc) is 2.33. The number of anilines is 1. The largest absolute Gasteiger partial charge is 0.396 e. The van der Waals surface area contributed by atoms with Gasteiger partial charge in [0.05, 0.1) is 0 Å². The van der Waals surface area contributed by atoms with Gasteiger partial charge in [-0.15, -0.1) is 11.8 Å². The lowest BCUT2D eigenvalue weighted by Gasteiger charge is -2.13. The summed E-state index contributed by atoms with van der Waals surface area (Å²) in [5.41, 5.74) is 1.13. The van der Waals surface area contributed by atoms with Crippen molar-refractivity contribution in [3.63, 3.8) is 0 Å². The van der Waals surface area contributed by atoms with Crippen LogP contribution in [-0.4, -0.2) is 24.0 Å². The molecule has 2 N–H and O–H groups in total. The monoisotopic (exact) mass is 239 g/mol. The molecule has 0 spiro atoms. The number of hydrogen-bond donors (Lipinski definition) is 2. The summed E-state index contributed by atoms with van der Waals surface area (Å²) in [4.78, 5) is 1.31. The number of hydrogen-bond acceptors (Lipinski definition) is 3. The zero-order chi connectivity index (χ0) is 11.8. The van der Waals surface area contributed by atoms with Crippen LogP contribution in [0.2, 0.25) is 0 Å². The summed E-state index contributed by atoms with van der Waals surface area (Å²) >= 11 is 1.85. The Labute approximate surface area is 102 Å². The van der Waals surface area contributed by atoms with Gasteiger partial charge in [-0.3, -0.25) is 0 Å². The number of aliphatic hydroxyl groups excluding tert-OH is 1. The molecule has 0 aliphatic carbocycles. The van der Waals surface area contributed by atoms with Gasteiger partial charge in [0.2, 0.25) is 0 Å². The quantitative estimate of drug-likeness (QED) is 0.717. The molecule has 16 heavy (non-hydrogen) atoms. The predicted molar refractivity (Wildman–Crippen MR) is 72.2 cm³/mol. The highest BCUT2D eigenvalue weighted by molar-refractivity contribution is 7.99. The summed E-state index contributed by atoms with van der Waals surface area (Å²) < 4.78 is 0. The van der Waals surface area contributed by atoms with Crippen molar-refractivity contribution in [2.45, 2.75) is 25.2 Å². The maximum atomic E-state index is 9.07. The minimum absolute atomic E-state index is 0.257. The van der Waals surface area contributed by atoms with Gasteiger partial charge in [0.15, 0.2) is 0 Å². The zero-order valence-electron chi connectivity index (χ0n) is 10.1. The van der Waals surface area contributed by atoms with Crippen LogP contribution >= 0.6 is 11.8 Å². The van der Waals surface area contributed by atoms with E-state index >= 15 is 0 Å². The van der Waals surface area contributed by atoms with Gasteiger partial charge >= 0.3 is 0 Å². The molecule has 0 aliphatic rings.